The van der Waals surface area contributed by atoms with Crippen LogP contribution in [0.1, 0.15) is 22.7 Å². The van der Waals surface area contributed by atoms with Crippen molar-refractivity contribution in [1.82, 2.24) is 4.90 Å². The Hall–Kier alpha value is -4.46. The lowest BCUT2D eigenvalue weighted by atomic mass is 9.94. The highest BCUT2D eigenvalue weighted by atomic mass is 16.6. The number of likely N-dealkylation sites (tertiary alicyclic amines) is 1. The lowest BCUT2D eigenvalue weighted by molar-refractivity contribution is -0.139. The minimum atomic E-state index is -0.878. The molecule has 8 heteroatoms. The predicted octanol–water partition coefficient (Wildman–Crippen LogP) is 3.84. The van der Waals surface area contributed by atoms with Gasteiger partial charge in [0.05, 0.1) is 18.7 Å². The molecule has 0 radical (unpaired) electrons. The van der Waals surface area contributed by atoms with Gasteiger partial charge >= 0.3 is 0 Å². The van der Waals surface area contributed by atoms with E-state index in [1.165, 1.54) is 18.1 Å². The van der Waals surface area contributed by atoms with Crippen LogP contribution < -0.4 is 14.2 Å². The van der Waals surface area contributed by atoms with Crippen molar-refractivity contribution in [3.05, 3.63) is 89.0 Å². The molecular formula is C28H25NO7. The van der Waals surface area contributed by atoms with E-state index in [9.17, 15) is 19.8 Å². The first kappa shape index (κ1) is 23.3. The number of aromatic hydroxyl groups is 1. The fourth-order valence-electron chi connectivity index (χ4n) is 4.56. The van der Waals surface area contributed by atoms with Gasteiger partial charge in [-0.2, -0.15) is 0 Å². The van der Waals surface area contributed by atoms with Crippen LogP contribution in [0.3, 0.4) is 0 Å². The van der Waals surface area contributed by atoms with Crippen LogP contribution in [-0.2, 0) is 16.0 Å². The third-order valence-corrected chi connectivity index (χ3v) is 6.36. The zero-order valence-electron chi connectivity index (χ0n) is 19.6. The maximum atomic E-state index is 13.3. The van der Waals surface area contributed by atoms with Gasteiger partial charge in [0, 0.05) is 12.1 Å². The first-order valence-electron chi connectivity index (χ1n) is 11.6. The normalized spacial score (nSPS) is 18.4. The standard InChI is InChI=1S/C28H25NO7/c1-34-22-15-18(7-9-20(22)30)25-24(26(31)19-8-10-21-23(16-19)36-14-13-35-21)27(32)28(33)29(25)12-11-17-5-3-2-4-6-17/h2-10,15-16,25,30-31H,11-14H2,1H3/b26-24-. The number of hydrogen-bond donors (Lipinski definition) is 2. The molecule has 0 bridgehead atoms. The number of carbonyl (C=O) groups is 2. The minimum Gasteiger partial charge on any atom is -0.507 e. The number of amides is 1. The number of nitrogens with zero attached hydrogens (tertiary/aromatic N) is 1. The predicted molar refractivity (Wildman–Crippen MR) is 131 cm³/mol. The van der Waals surface area contributed by atoms with Crippen LogP contribution in [0, 0.1) is 0 Å². The van der Waals surface area contributed by atoms with E-state index in [-0.39, 0.29) is 29.4 Å². The highest BCUT2D eigenvalue weighted by Crippen LogP contribution is 2.43. The molecule has 2 N–H and O–H groups in total. The summed E-state index contributed by atoms with van der Waals surface area (Å²) in [6, 6.07) is 18.2. The molecule has 3 aromatic carbocycles. The fraction of sp³-hybridized carbons (Fsp3) is 0.214. The SMILES string of the molecule is COc1cc(C2/C(=C(/O)c3ccc4c(c3)OCCO4)C(=O)C(=O)N2CCc2ccccc2)ccc1O. The van der Waals surface area contributed by atoms with E-state index in [2.05, 4.69) is 0 Å². The van der Waals surface area contributed by atoms with Crippen LogP contribution >= 0.6 is 0 Å². The van der Waals surface area contributed by atoms with Crippen molar-refractivity contribution < 1.29 is 34.0 Å². The summed E-state index contributed by atoms with van der Waals surface area (Å²) in [4.78, 5) is 28.0. The van der Waals surface area contributed by atoms with E-state index in [4.69, 9.17) is 14.2 Å². The second kappa shape index (κ2) is 9.65. The molecule has 1 atom stereocenters. The summed E-state index contributed by atoms with van der Waals surface area (Å²) >= 11 is 0. The summed E-state index contributed by atoms with van der Waals surface area (Å²) in [6.07, 6.45) is 0.518. The number of methoxy groups -OCH3 is 1. The molecular weight excluding hydrogens is 462 g/mol. The molecule has 0 aromatic heterocycles. The Balaban J connectivity index is 1.60. The molecule has 5 rings (SSSR count). The van der Waals surface area contributed by atoms with Crippen molar-refractivity contribution in [2.24, 2.45) is 0 Å². The van der Waals surface area contributed by atoms with Gasteiger partial charge in [0.1, 0.15) is 19.0 Å². The van der Waals surface area contributed by atoms with E-state index < -0.39 is 17.7 Å². The van der Waals surface area contributed by atoms with Crippen molar-refractivity contribution in [1.29, 1.82) is 0 Å². The molecule has 0 saturated carbocycles. The second-order valence-corrected chi connectivity index (χ2v) is 8.52. The van der Waals surface area contributed by atoms with Crippen LogP contribution in [0.25, 0.3) is 5.76 Å². The molecule has 3 aromatic rings. The van der Waals surface area contributed by atoms with Gasteiger partial charge in [-0.05, 0) is 47.9 Å². The van der Waals surface area contributed by atoms with Crippen LogP contribution in [0.2, 0.25) is 0 Å². The number of rotatable bonds is 6. The van der Waals surface area contributed by atoms with Crippen molar-refractivity contribution in [2.45, 2.75) is 12.5 Å². The van der Waals surface area contributed by atoms with E-state index in [0.29, 0.717) is 42.3 Å². The molecule has 8 nitrogen and oxygen atoms in total. The molecule has 2 heterocycles. The third kappa shape index (κ3) is 4.22. The Bertz CT molecular complexity index is 1350. The largest absolute Gasteiger partial charge is 0.507 e. The first-order chi connectivity index (χ1) is 17.5. The molecule has 1 unspecified atom stereocenters. The van der Waals surface area contributed by atoms with Gasteiger partial charge in [-0.25, -0.2) is 0 Å². The topological polar surface area (TPSA) is 106 Å². The second-order valence-electron chi connectivity index (χ2n) is 8.52. The summed E-state index contributed by atoms with van der Waals surface area (Å²) in [5.74, 6) is -0.693. The first-order valence-corrected chi connectivity index (χ1v) is 11.6. The zero-order chi connectivity index (χ0) is 25.2. The maximum Gasteiger partial charge on any atom is 0.295 e. The maximum absolute atomic E-state index is 13.3. The van der Waals surface area contributed by atoms with Gasteiger partial charge in [-0.1, -0.05) is 36.4 Å². The lowest BCUT2D eigenvalue weighted by Gasteiger charge is -2.26. The number of carbonyl (C=O) groups excluding carboxylic acids is 2. The number of aliphatic hydroxyl groups excluding tert-OH is 1. The molecule has 1 saturated heterocycles. The average Bonchev–Trinajstić information content (AvgIpc) is 3.17. The van der Waals surface area contributed by atoms with Crippen LogP contribution in [-0.4, -0.2) is 53.7 Å². The molecule has 0 aliphatic carbocycles. The molecule has 0 spiro atoms. The number of hydrogen-bond acceptors (Lipinski definition) is 7. The number of fused-ring (bicyclic) bond motifs is 1. The van der Waals surface area contributed by atoms with E-state index in [1.54, 1.807) is 30.3 Å². The number of ether oxygens (including phenoxy) is 3. The Morgan fingerprint density at radius 1 is 1.00 bits per heavy atom. The summed E-state index contributed by atoms with van der Waals surface area (Å²) in [6.45, 7) is 1.04. The van der Waals surface area contributed by atoms with Crippen LogP contribution in [0.5, 0.6) is 23.0 Å². The van der Waals surface area contributed by atoms with Gasteiger partial charge in [-0.3, -0.25) is 9.59 Å². The summed E-state index contributed by atoms with van der Waals surface area (Å²) in [5.41, 5.74) is 1.82. The zero-order valence-corrected chi connectivity index (χ0v) is 19.6. The van der Waals surface area contributed by atoms with Crippen LogP contribution in [0.4, 0.5) is 0 Å². The monoisotopic (exact) mass is 487 g/mol. The van der Waals surface area contributed by atoms with Crippen molar-refractivity contribution in [2.75, 3.05) is 26.9 Å². The number of aliphatic hydroxyl groups is 1. The van der Waals surface area contributed by atoms with Gasteiger partial charge in [-0.15, -0.1) is 0 Å². The Morgan fingerprint density at radius 3 is 2.50 bits per heavy atom. The van der Waals surface area contributed by atoms with E-state index in [1.807, 2.05) is 30.3 Å². The summed E-state index contributed by atoms with van der Waals surface area (Å²) in [7, 11) is 1.42. The number of phenolic OH excluding ortho intramolecular Hbond substituents is 1. The number of benzene rings is 3. The number of ketones is 1. The molecule has 1 amide bonds. The van der Waals surface area contributed by atoms with Crippen molar-refractivity contribution in [3.63, 3.8) is 0 Å². The Kier molecular flexibility index (Phi) is 6.25. The smallest absolute Gasteiger partial charge is 0.295 e. The Labute approximate surface area is 208 Å². The quantitative estimate of drug-likeness (QED) is 0.309. The van der Waals surface area contributed by atoms with Crippen LogP contribution in [0.15, 0.2) is 72.3 Å². The molecule has 36 heavy (non-hydrogen) atoms. The molecule has 2 aliphatic rings. The van der Waals surface area contributed by atoms with Gasteiger partial charge in [0.25, 0.3) is 11.7 Å². The summed E-state index contributed by atoms with van der Waals surface area (Å²) < 4.78 is 16.4. The molecule has 1 fully saturated rings. The number of phenols is 1. The number of Topliss-reactive ketones (excluding diaryl/α,β-unsaturated/α-hetero) is 1. The van der Waals surface area contributed by atoms with Crippen molar-refractivity contribution in [3.8, 4) is 23.0 Å². The third-order valence-electron chi connectivity index (χ3n) is 6.36. The highest BCUT2D eigenvalue weighted by Gasteiger charge is 2.46. The Morgan fingerprint density at radius 2 is 1.75 bits per heavy atom. The van der Waals surface area contributed by atoms with Crippen molar-refractivity contribution >= 4 is 17.4 Å². The van der Waals surface area contributed by atoms with E-state index >= 15 is 0 Å². The minimum absolute atomic E-state index is 0.0440. The van der Waals surface area contributed by atoms with E-state index in [0.717, 1.165) is 5.56 Å². The fourth-order valence-corrected chi connectivity index (χ4v) is 4.56. The lowest BCUT2D eigenvalue weighted by Crippen LogP contribution is -2.31. The highest BCUT2D eigenvalue weighted by molar-refractivity contribution is 6.46. The average molecular weight is 488 g/mol. The summed E-state index contributed by atoms with van der Waals surface area (Å²) in [5, 5.41) is 21.4. The molecule has 184 valence electrons. The molecule has 2 aliphatic heterocycles. The van der Waals surface area contributed by atoms with Gasteiger partial charge in [0.15, 0.2) is 23.0 Å². The van der Waals surface area contributed by atoms with Gasteiger partial charge in [0.2, 0.25) is 0 Å². The van der Waals surface area contributed by atoms with Gasteiger partial charge < -0.3 is 29.3 Å².